The van der Waals surface area contributed by atoms with Gasteiger partial charge in [0.05, 0.1) is 34.6 Å². The van der Waals surface area contributed by atoms with Crippen molar-refractivity contribution in [1.82, 2.24) is 25.3 Å². The van der Waals surface area contributed by atoms with Crippen LogP contribution >= 0.6 is 0 Å². The fourth-order valence-electron chi connectivity index (χ4n) is 6.96. The fraction of sp³-hybridized carbons (Fsp3) is 0.474. The fourth-order valence-corrected chi connectivity index (χ4v) is 10.2. The van der Waals surface area contributed by atoms with E-state index in [2.05, 4.69) is 35.6 Å². The summed E-state index contributed by atoms with van der Waals surface area (Å²) in [4.78, 5) is 62.3. The molecule has 10 N–H and O–H groups in total. The molecule has 25 heteroatoms. The maximum absolute atomic E-state index is 13.6. The Hall–Kier alpha value is -5.31. The van der Waals surface area contributed by atoms with Gasteiger partial charge in [0.15, 0.2) is 11.7 Å². The first kappa shape index (κ1) is 50.3. The number of ketones is 1. The van der Waals surface area contributed by atoms with Crippen molar-refractivity contribution < 1.29 is 63.4 Å². The van der Waals surface area contributed by atoms with Crippen LogP contribution in [0.2, 0.25) is 0 Å². The topological polar surface area (TPSA) is 356 Å². The van der Waals surface area contributed by atoms with Crippen molar-refractivity contribution >= 4 is 71.2 Å². The third-order valence-electron chi connectivity index (χ3n) is 9.76. The summed E-state index contributed by atoms with van der Waals surface area (Å²) in [5.41, 5.74) is 7.28. The molecule has 3 aromatic rings. The lowest BCUT2D eigenvalue weighted by atomic mass is 9.89. The number of ether oxygens (including phenoxy) is 1. The number of aromatic amines is 1. The Bertz CT molecular complexity index is 2490. The zero-order chi connectivity index (χ0) is 46.7. The third-order valence-corrected chi connectivity index (χ3v) is 13.3. The second-order valence-electron chi connectivity index (χ2n) is 15.1. The number of imidazole rings is 1. The van der Waals surface area contributed by atoms with Crippen LogP contribution in [0.4, 0.5) is 11.6 Å². The highest BCUT2D eigenvalue weighted by atomic mass is 32.2. The van der Waals surface area contributed by atoms with E-state index in [1.807, 2.05) is 0 Å². The predicted octanol–water partition coefficient (Wildman–Crippen LogP) is 1.26. The second-order valence-corrected chi connectivity index (χ2v) is 19.8. The number of Topliss-reactive ketones (excluding diaryl/α,β-unsaturated/α-hetero) is 1. The molecular formula is C38H52N8O14S3. The zero-order valence-corrected chi connectivity index (χ0v) is 37.1. The van der Waals surface area contributed by atoms with Crippen LogP contribution in [-0.4, -0.2) is 122 Å². The number of amides is 2. The molecule has 1 aliphatic rings. The lowest BCUT2D eigenvalue weighted by Gasteiger charge is -2.22. The van der Waals surface area contributed by atoms with Gasteiger partial charge in [0, 0.05) is 50.1 Å². The minimum Gasteiger partial charge on any atom is -0.494 e. The van der Waals surface area contributed by atoms with Crippen LogP contribution in [0.1, 0.15) is 66.1 Å². The first-order valence-corrected chi connectivity index (χ1v) is 24.3. The van der Waals surface area contributed by atoms with E-state index in [4.69, 9.17) is 15.0 Å². The van der Waals surface area contributed by atoms with Crippen LogP contribution < -0.4 is 31.1 Å². The summed E-state index contributed by atoms with van der Waals surface area (Å²) >= 11 is 0. The zero-order valence-electron chi connectivity index (χ0n) is 34.7. The van der Waals surface area contributed by atoms with Gasteiger partial charge in [-0.1, -0.05) is 6.07 Å². The number of anilines is 1. The summed E-state index contributed by atoms with van der Waals surface area (Å²) in [6.07, 6.45) is 3.87. The molecule has 63 heavy (non-hydrogen) atoms. The number of nitrogens with zero attached hydrogens (tertiary/aromatic N) is 2. The summed E-state index contributed by atoms with van der Waals surface area (Å²) in [5.74, 6) is -5.47. The van der Waals surface area contributed by atoms with E-state index in [0.29, 0.717) is 18.1 Å². The van der Waals surface area contributed by atoms with Crippen molar-refractivity contribution in [3.05, 3.63) is 65.0 Å². The van der Waals surface area contributed by atoms with Gasteiger partial charge in [-0.2, -0.15) is 21.6 Å². The van der Waals surface area contributed by atoms with Crippen molar-refractivity contribution in [3.63, 3.8) is 0 Å². The number of rotatable bonds is 25. The second kappa shape index (κ2) is 21.9. The van der Waals surface area contributed by atoms with E-state index in [0.717, 1.165) is 5.56 Å². The maximum Gasteiger partial charge on any atom is 0.323 e. The number of hydrogen-bond donors (Lipinski definition) is 9. The van der Waals surface area contributed by atoms with Gasteiger partial charge in [-0.05, 0) is 93.3 Å². The first-order valence-electron chi connectivity index (χ1n) is 19.6. The number of nitrogens with two attached hydrogens (primary N) is 1. The molecule has 1 unspecified atom stereocenters. The highest BCUT2D eigenvalue weighted by Gasteiger charge is 2.34. The van der Waals surface area contributed by atoms with Crippen molar-refractivity contribution in [3.8, 4) is 5.75 Å². The Labute approximate surface area is 364 Å². The molecular weight excluding hydrogens is 889 g/mol. The number of aromatic nitrogens is 2. The average Bonchev–Trinajstić information content (AvgIpc) is 3.69. The molecule has 1 aliphatic heterocycles. The van der Waals surface area contributed by atoms with Gasteiger partial charge >= 0.3 is 5.97 Å². The van der Waals surface area contributed by atoms with Gasteiger partial charge in [0.25, 0.3) is 26.1 Å². The minimum absolute atomic E-state index is 0.0385. The number of aliphatic imine (C=N–C) groups is 1. The van der Waals surface area contributed by atoms with Crippen molar-refractivity contribution in [2.24, 2.45) is 22.6 Å². The highest BCUT2D eigenvalue weighted by molar-refractivity contribution is 7.89. The highest BCUT2D eigenvalue weighted by Crippen LogP contribution is 2.31. The molecule has 4 atom stereocenters. The SMILES string of the molecule is Cc1cc(OCCCC(=O)NCCC[C@H](C[C@@H](N)CS(=O)(=O)O)CS(=O)(=O)O)cc(C)c1S(=O)(=O)N[C@@H](CNC(=O)C1=Nc2cc(CNc3ncc[nH]3)ccc2C(=O)C1C)C(=O)O. The molecule has 0 fully saturated rings. The number of fused-ring (bicyclic) bond motifs is 1. The van der Waals surface area contributed by atoms with Crippen LogP contribution in [0.25, 0.3) is 0 Å². The number of H-pyrrole nitrogens is 1. The van der Waals surface area contributed by atoms with Crippen LogP contribution in [0, 0.1) is 25.7 Å². The minimum atomic E-state index is -4.49. The lowest BCUT2D eigenvalue weighted by Crippen LogP contribution is -2.50. The number of aliphatic carboxylic acids is 1. The van der Waals surface area contributed by atoms with E-state index >= 15 is 0 Å². The number of aryl methyl sites for hydroxylation is 2. The predicted molar refractivity (Wildman–Crippen MR) is 230 cm³/mol. The van der Waals surface area contributed by atoms with E-state index in [1.54, 1.807) is 30.6 Å². The number of sulfonamides is 1. The number of carboxylic acid groups (broad SMARTS) is 1. The molecule has 0 saturated carbocycles. The molecule has 0 radical (unpaired) electrons. The molecule has 22 nitrogen and oxygen atoms in total. The Morgan fingerprint density at radius 2 is 1.65 bits per heavy atom. The summed E-state index contributed by atoms with van der Waals surface area (Å²) in [5, 5.41) is 18.1. The standard InChI is InChI=1S/C38H52N8O14S3/c1-22-14-28(60-13-5-7-32(47)40-10-4-6-26(20-61(52,53)54)16-27(39)21-62(55,56)57)15-23(2)35(22)63(58,59)46-31(37(50)51)19-43-36(49)33-24(3)34(48)29-9-8-25(17-30(29)45-33)18-44-38-41-11-12-42-38/h8-9,11-12,14-15,17,24,26-27,31,46H,4-7,10,13,16,18-21,39H2,1-3H3,(H,40,47)(H,43,49)(H,50,51)(H2,41,42,44)(H,52,53,54)(H,55,56,57)/t24?,26-,27-,31+/m1/s1. The van der Waals surface area contributed by atoms with E-state index in [-0.39, 0.29) is 90.1 Å². The number of carbonyl (C=O) groups is 4. The quantitative estimate of drug-likeness (QED) is 0.0426. The molecule has 2 heterocycles. The number of nitrogens with one attached hydrogen (secondary N) is 5. The van der Waals surface area contributed by atoms with Crippen LogP contribution in [0.5, 0.6) is 5.75 Å². The molecule has 0 saturated heterocycles. The Morgan fingerprint density at radius 3 is 2.27 bits per heavy atom. The van der Waals surface area contributed by atoms with Gasteiger partial charge in [0.2, 0.25) is 15.9 Å². The summed E-state index contributed by atoms with van der Waals surface area (Å²) < 4.78 is 98.2. The van der Waals surface area contributed by atoms with Crippen molar-refractivity contribution in [2.45, 2.75) is 76.4 Å². The smallest absolute Gasteiger partial charge is 0.323 e. The number of benzene rings is 2. The average molecular weight is 941 g/mol. The largest absolute Gasteiger partial charge is 0.494 e. The van der Waals surface area contributed by atoms with Crippen LogP contribution in [0.15, 0.2) is 52.6 Å². The van der Waals surface area contributed by atoms with Gasteiger partial charge in [-0.25, -0.2) is 18.4 Å². The monoisotopic (exact) mass is 940 g/mol. The first-order chi connectivity index (χ1) is 29.4. The Morgan fingerprint density at radius 1 is 0.968 bits per heavy atom. The Balaban J connectivity index is 1.27. The van der Waals surface area contributed by atoms with E-state index in [9.17, 15) is 54.1 Å². The van der Waals surface area contributed by atoms with Gasteiger partial charge in [0.1, 0.15) is 17.5 Å². The molecule has 0 aliphatic carbocycles. The molecule has 346 valence electrons. The van der Waals surface area contributed by atoms with Gasteiger partial charge in [-0.3, -0.25) is 28.3 Å². The molecule has 0 spiro atoms. The molecule has 1 aromatic heterocycles. The van der Waals surface area contributed by atoms with E-state index < -0.39 is 84.1 Å². The summed E-state index contributed by atoms with van der Waals surface area (Å²) in [7, 11) is -13.3. The molecule has 0 bridgehead atoms. The van der Waals surface area contributed by atoms with Crippen LogP contribution in [0.3, 0.4) is 0 Å². The number of carboxylic acids is 1. The summed E-state index contributed by atoms with van der Waals surface area (Å²) in [6, 6.07) is 4.98. The third kappa shape index (κ3) is 15.8. The van der Waals surface area contributed by atoms with Gasteiger partial charge in [-0.15, -0.1) is 0 Å². The normalized spacial score (nSPS) is 15.7. The Kier molecular flexibility index (Phi) is 17.5. The van der Waals surface area contributed by atoms with Crippen molar-refractivity contribution in [1.29, 1.82) is 0 Å². The lowest BCUT2D eigenvalue weighted by molar-refractivity contribution is -0.138. The van der Waals surface area contributed by atoms with Gasteiger partial charge < -0.3 is 36.5 Å². The van der Waals surface area contributed by atoms with Crippen molar-refractivity contribution in [2.75, 3.05) is 36.5 Å². The molecule has 2 aromatic carbocycles. The summed E-state index contributed by atoms with van der Waals surface area (Å²) in [6.45, 7) is 4.32. The molecule has 2 amide bonds. The maximum atomic E-state index is 13.6. The van der Waals surface area contributed by atoms with E-state index in [1.165, 1.54) is 32.9 Å². The molecule has 4 rings (SSSR count). The number of hydrogen-bond acceptors (Lipinski definition) is 15. The van der Waals surface area contributed by atoms with Crippen LogP contribution in [-0.2, 0) is 51.2 Å². The number of carbonyl (C=O) groups excluding carboxylic acids is 3.